The first-order chi connectivity index (χ1) is 12.4. The van der Waals surface area contributed by atoms with Gasteiger partial charge in [-0.25, -0.2) is 0 Å². The van der Waals surface area contributed by atoms with Crippen molar-refractivity contribution in [3.63, 3.8) is 0 Å². The van der Waals surface area contributed by atoms with Crippen molar-refractivity contribution in [1.29, 1.82) is 0 Å². The molecule has 1 unspecified atom stereocenters. The Morgan fingerprint density at radius 1 is 0.923 bits per heavy atom. The van der Waals surface area contributed by atoms with Crippen LogP contribution in [0.2, 0.25) is 0 Å². The van der Waals surface area contributed by atoms with Gasteiger partial charge >= 0.3 is 5.97 Å². The Morgan fingerprint density at radius 2 is 1.54 bits per heavy atom. The van der Waals surface area contributed by atoms with Crippen LogP contribution in [0.1, 0.15) is 41.3 Å². The van der Waals surface area contributed by atoms with Crippen LogP contribution in [0.15, 0.2) is 48.5 Å². The minimum Gasteiger partial charge on any atom is -0.454 e. The van der Waals surface area contributed by atoms with Crippen LogP contribution in [0.25, 0.3) is 0 Å². The van der Waals surface area contributed by atoms with E-state index in [2.05, 4.69) is 5.32 Å². The first-order valence-corrected chi connectivity index (χ1v) is 8.53. The third-order valence-electron chi connectivity index (χ3n) is 4.04. The number of hydrogen-bond donors (Lipinski definition) is 1. The zero-order valence-electron chi connectivity index (χ0n) is 15.2. The highest BCUT2D eigenvalue weighted by Crippen LogP contribution is 2.19. The van der Waals surface area contributed by atoms with Crippen LogP contribution >= 0.6 is 0 Å². The second-order valence-electron chi connectivity index (χ2n) is 6.18. The third kappa shape index (κ3) is 5.28. The highest BCUT2D eigenvalue weighted by molar-refractivity contribution is 6.00. The molecule has 0 aromatic heterocycles. The second-order valence-corrected chi connectivity index (χ2v) is 6.18. The van der Waals surface area contributed by atoms with Crippen LogP contribution in [0.3, 0.4) is 0 Å². The van der Waals surface area contributed by atoms with E-state index < -0.39 is 12.1 Å². The maximum absolute atomic E-state index is 12.2. The molecule has 26 heavy (non-hydrogen) atoms. The Kier molecular flexibility index (Phi) is 6.67. The predicted octanol–water partition coefficient (Wildman–Crippen LogP) is 3.84. The summed E-state index contributed by atoms with van der Waals surface area (Å²) >= 11 is 0. The molecule has 1 N–H and O–H groups in total. The van der Waals surface area contributed by atoms with E-state index in [-0.39, 0.29) is 24.5 Å². The number of carbonyl (C=O) groups is 3. The number of carbonyl (C=O) groups excluding carboxylic acids is 3. The van der Waals surface area contributed by atoms with Gasteiger partial charge < -0.3 is 10.1 Å². The van der Waals surface area contributed by atoms with E-state index in [4.69, 9.17) is 4.74 Å². The molecule has 5 nitrogen and oxygen atoms in total. The average molecular weight is 353 g/mol. The number of amides is 1. The summed E-state index contributed by atoms with van der Waals surface area (Å²) in [6.45, 7) is 5.35. The van der Waals surface area contributed by atoms with Crippen LogP contribution in [-0.2, 0) is 14.3 Å². The molecule has 136 valence electrons. The number of aryl methyl sites for hydroxylation is 2. The average Bonchev–Trinajstić information content (AvgIpc) is 2.63. The summed E-state index contributed by atoms with van der Waals surface area (Å²) in [4.78, 5) is 36.2. The summed E-state index contributed by atoms with van der Waals surface area (Å²) in [6, 6.07) is 14.4. The maximum Gasteiger partial charge on any atom is 0.307 e. The second kappa shape index (κ2) is 8.94. The highest BCUT2D eigenvalue weighted by Gasteiger charge is 2.20. The molecule has 1 amide bonds. The molecule has 0 radical (unpaired) electrons. The van der Waals surface area contributed by atoms with E-state index in [0.29, 0.717) is 5.56 Å². The van der Waals surface area contributed by atoms with Gasteiger partial charge in [-0.05, 0) is 31.9 Å². The Morgan fingerprint density at radius 3 is 2.15 bits per heavy atom. The van der Waals surface area contributed by atoms with Gasteiger partial charge in [-0.2, -0.15) is 0 Å². The van der Waals surface area contributed by atoms with Gasteiger partial charge in [0.2, 0.25) is 11.7 Å². The van der Waals surface area contributed by atoms with Crippen molar-refractivity contribution in [2.75, 3.05) is 5.32 Å². The lowest BCUT2D eigenvalue weighted by Crippen LogP contribution is -2.25. The van der Waals surface area contributed by atoms with E-state index in [1.807, 2.05) is 38.1 Å². The SMILES string of the molecule is Cc1cccc(C)c1NC(=O)CCC(=O)OC(C)C(=O)c1ccccc1. The van der Waals surface area contributed by atoms with Gasteiger partial charge in [-0.1, -0.05) is 48.5 Å². The number of benzene rings is 2. The molecule has 1 atom stereocenters. The number of para-hydroxylation sites is 1. The molecule has 2 aromatic carbocycles. The van der Waals surface area contributed by atoms with Gasteiger partial charge in [0.25, 0.3) is 0 Å². The van der Waals surface area contributed by atoms with Crippen LogP contribution in [-0.4, -0.2) is 23.8 Å². The number of hydrogen-bond acceptors (Lipinski definition) is 4. The fourth-order valence-corrected chi connectivity index (χ4v) is 2.58. The van der Waals surface area contributed by atoms with Crippen molar-refractivity contribution in [2.45, 2.75) is 39.7 Å². The summed E-state index contributed by atoms with van der Waals surface area (Å²) in [5, 5.41) is 2.82. The molecular formula is C21H23NO4. The topological polar surface area (TPSA) is 72.5 Å². The van der Waals surface area contributed by atoms with Crippen LogP contribution < -0.4 is 5.32 Å². The quantitative estimate of drug-likeness (QED) is 0.606. The molecule has 0 aliphatic heterocycles. The first kappa shape index (κ1) is 19.4. The minimum atomic E-state index is -0.883. The van der Waals surface area contributed by atoms with Gasteiger partial charge in [0.15, 0.2) is 6.10 Å². The summed E-state index contributed by atoms with van der Waals surface area (Å²) < 4.78 is 5.15. The normalized spacial score (nSPS) is 11.5. The van der Waals surface area contributed by atoms with Crippen molar-refractivity contribution < 1.29 is 19.1 Å². The lowest BCUT2D eigenvalue weighted by Gasteiger charge is -2.13. The lowest BCUT2D eigenvalue weighted by atomic mass is 10.1. The van der Waals surface area contributed by atoms with Gasteiger partial charge in [0, 0.05) is 17.7 Å². The molecule has 0 aliphatic carbocycles. The lowest BCUT2D eigenvalue weighted by molar-refractivity contribution is -0.147. The summed E-state index contributed by atoms with van der Waals surface area (Å²) in [6.07, 6.45) is -0.964. The highest BCUT2D eigenvalue weighted by atomic mass is 16.5. The summed E-state index contributed by atoms with van der Waals surface area (Å²) in [7, 11) is 0. The summed E-state index contributed by atoms with van der Waals surface area (Å²) in [5.74, 6) is -1.10. The Labute approximate surface area is 153 Å². The van der Waals surface area contributed by atoms with E-state index in [9.17, 15) is 14.4 Å². The van der Waals surface area contributed by atoms with Crippen LogP contribution in [0.4, 0.5) is 5.69 Å². The van der Waals surface area contributed by atoms with Gasteiger partial charge in [-0.15, -0.1) is 0 Å². The van der Waals surface area contributed by atoms with Gasteiger partial charge in [-0.3, -0.25) is 14.4 Å². The largest absolute Gasteiger partial charge is 0.454 e. The number of rotatable bonds is 7. The number of Topliss-reactive ketones (excluding diaryl/α,β-unsaturated/α-hetero) is 1. The molecular weight excluding hydrogens is 330 g/mol. The zero-order valence-corrected chi connectivity index (χ0v) is 15.2. The van der Waals surface area contributed by atoms with Crippen LogP contribution in [0, 0.1) is 13.8 Å². The Hall–Kier alpha value is -2.95. The van der Waals surface area contributed by atoms with Crippen molar-refractivity contribution in [2.24, 2.45) is 0 Å². The fraction of sp³-hybridized carbons (Fsp3) is 0.286. The minimum absolute atomic E-state index is 0.00114. The molecule has 2 aromatic rings. The van der Waals surface area contributed by atoms with Crippen molar-refractivity contribution in [3.8, 4) is 0 Å². The standard InChI is InChI=1S/C21H23NO4/c1-14-8-7-9-15(2)20(14)22-18(23)12-13-19(24)26-16(3)21(25)17-10-5-4-6-11-17/h4-11,16H,12-13H2,1-3H3,(H,22,23). The number of ether oxygens (including phenoxy) is 1. The van der Waals surface area contributed by atoms with Crippen molar-refractivity contribution >= 4 is 23.3 Å². The summed E-state index contributed by atoms with van der Waals surface area (Å²) in [5.41, 5.74) is 3.17. The number of nitrogens with one attached hydrogen (secondary N) is 1. The molecule has 0 spiro atoms. The Bertz CT molecular complexity index is 779. The molecule has 2 rings (SSSR count). The molecule has 0 aliphatic rings. The Balaban J connectivity index is 1.83. The van der Waals surface area contributed by atoms with Crippen molar-refractivity contribution in [3.05, 3.63) is 65.2 Å². The van der Waals surface area contributed by atoms with E-state index in [0.717, 1.165) is 16.8 Å². The molecule has 0 saturated carbocycles. The number of anilines is 1. The fourth-order valence-electron chi connectivity index (χ4n) is 2.58. The molecule has 0 fully saturated rings. The zero-order chi connectivity index (χ0) is 19.1. The predicted molar refractivity (Wildman–Crippen MR) is 100 cm³/mol. The van der Waals surface area contributed by atoms with E-state index in [1.54, 1.807) is 24.3 Å². The van der Waals surface area contributed by atoms with E-state index in [1.165, 1.54) is 6.92 Å². The van der Waals surface area contributed by atoms with Gasteiger partial charge in [0.1, 0.15) is 0 Å². The van der Waals surface area contributed by atoms with Crippen LogP contribution in [0.5, 0.6) is 0 Å². The number of esters is 1. The van der Waals surface area contributed by atoms with E-state index >= 15 is 0 Å². The number of ketones is 1. The smallest absolute Gasteiger partial charge is 0.307 e. The molecule has 5 heteroatoms. The monoisotopic (exact) mass is 353 g/mol. The third-order valence-corrected chi connectivity index (χ3v) is 4.04. The van der Waals surface area contributed by atoms with Crippen molar-refractivity contribution in [1.82, 2.24) is 0 Å². The van der Waals surface area contributed by atoms with Gasteiger partial charge in [0.05, 0.1) is 6.42 Å². The molecule has 0 saturated heterocycles. The first-order valence-electron chi connectivity index (χ1n) is 8.53. The maximum atomic E-state index is 12.2. The molecule has 0 heterocycles. The molecule has 0 bridgehead atoms.